The summed E-state index contributed by atoms with van der Waals surface area (Å²) in [6.07, 6.45) is 3.11. The molecule has 0 bridgehead atoms. The van der Waals surface area contributed by atoms with Crippen molar-refractivity contribution in [1.82, 2.24) is 55.6 Å². The molecule has 1 saturated heterocycles. The minimum atomic E-state index is -1.67. The summed E-state index contributed by atoms with van der Waals surface area (Å²) in [5.41, 5.74) is 0. The van der Waals surface area contributed by atoms with E-state index in [1.807, 2.05) is 55.4 Å². The van der Waals surface area contributed by atoms with Crippen molar-refractivity contribution < 1.29 is 63.0 Å². The second-order valence-electron chi connectivity index (χ2n) is 26.9. The Kier molecular flexibility index (Phi) is 33.1. The van der Waals surface area contributed by atoms with Gasteiger partial charge in [0.15, 0.2) is 0 Å². The van der Waals surface area contributed by atoms with Crippen LogP contribution < -0.4 is 21.3 Å². The van der Waals surface area contributed by atoms with Crippen LogP contribution in [0.15, 0.2) is 12.2 Å². The van der Waals surface area contributed by atoms with E-state index in [0.29, 0.717) is 6.42 Å². The minimum absolute atomic E-state index is 0.00715. The number of aliphatic hydroxyl groups excluding tert-OH is 2. The van der Waals surface area contributed by atoms with Gasteiger partial charge in [-0.1, -0.05) is 116 Å². The molecule has 0 unspecified atom stereocenters. The summed E-state index contributed by atoms with van der Waals surface area (Å²) in [6.45, 7) is 28.8. The zero-order valence-corrected chi connectivity index (χ0v) is 57.8. The summed E-state index contributed by atoms with van der Waals surface area (Å²) < 4.78 is 0. The summed E-state index contributed by atoms with van der Waals surface area (Å²) in [4.78, 5) is 170. The zero-order valence-electron chi connectivity index (χ0n) is 57.8. The number of amides is 11. The number of carbonyl (C=O) groups is 11. The molecule has 504 valence electrons. The van der Waals surface area contributed by atoms with Gasteiger partial charge in [-0.05, 0) is 101 Å². The van der Waals surface area contributed by atoms with E-state index >= 15 is 14.4 Å². The van der Waals surface area contributed by atoms with Gasteiger partial charge < -0.3 is 65.8 Å². The Labute approximate surface area is 526 Å². The van der Waals surface area contributed by atoms with E-state index in [1.165, 1.54) is 82.8 Å². The first-order valence-electron chi connectivity index (χ1n) is 31.7. The molecule has 24 nitrogen and oxygen atoms in total. The Bertz CT molecular complexity index is 2400. The monoisotopic (exact) mass is 1250 g/mol. The topological polar surface area (TPSA) is 299 Å². The van der Waals surface area contributed by atoms with Crippen molar-refractivity contribution in [3.05, 3.63) is 12.2 Å². The molecule has 13 atom stereocenters. The number of nitrogens with one attached hydrogen (secondary N) is 4. The van der Waals surface area contributed by atoms with Gasteiger partial charge in [0.25, 0.3) is 0 Å². The van der Waals surface area contributed by atoms with Gasteiger partial charge in [0, 0.05) is 49.3 Å². The molecule has 1 aliphatic rings. The Morgan fingerprint density at radius 1 is 0.432 bits per heavy atom. The lowest BCUT2D eigenvalue weighted by molar-refractivity contribution is -0.157. The number of carbonyl (C=O) groups excluding carboxylic acids is 11. The highest BCUT2D eigenvalue weighted by Crippen LogP contribution is 2.26. The van der Waals surface area contributed by atoms with Crippen LogP contribution in [-0.4, -0.2) is 238 Å². The number of hydrogen-bond donors (Lipinski definition) is 6. The highest BCUT2D eigenvalue weighted by Gasteiger charge is 2.46. The molecule has 0 spiro atoms. The summed E-state index contributed by atoms with van der Waals surface area (Å²) in [6, 6.07) is -14.4. The largest absolute Gasteiger partial charge is 0.394 e. The molecule has 0 aliphatic carbocycles. The van der Waals surface area contributed by atoms with Crippen molar-refractivity contribution in [3.63, 3.8) is 0 Å². The van der Waals surface area contributed by atoms with Gasteiger partial charge in [-0.3, -0.25) is 52.7 Å². The normalized spacial score (nSPS) is 27.2. The predicted octanol–water partition coefficient (Wildman–Crippen LogP) is 3.02. The molecule has 0 aromatic carbocycles. The van der Waals surface area contributed by atoms with Crippen molar-refractivity contribution in [1.29, 1.82) is 0 Å². The third-order valence-corrected chi connectivity index (χ3v) is 16.7. The van der Waals surface area contributed by atoms with E-state index in [-0.39, 0.29) is 62.2 Å². The molecule has 11 amide bonds. The van der Waals surface area contributed by atoms with Gasteiger partial charge in [0.1, 0.15) is 66.5 Å². The zero-order chi connectivity index (χ0) is 68.3. The summed E-state index contributed by atoms with van der Waals surface area (Å²) in [7, 11) is 9.68. The van der Waals surface area contributed by atoms with Crippen LogP contribution in [0.1, 0.15) is 163 Å². The number of aliphatic hydroxyl groups is 2. The fourth-order valence-electron chi connectivity index (χ4n) is 11.2. The first-order valence-corrected chi connectivity index (χ1v) is 31.7. The van der Waals surface area contributed by atoms with E-state index in [9.17, 15) is 48.6 Å². The van der Waals surface area contributed by atoms with Gasteiger partial charge in [-0.2, -0.15) is 0 Å². The molecule has 0 aromatic heterocycles. The maximum Gasteiger partial charge on any atom is 0.248 e. The first kappa shape index (κ1) is 79.8. The maximum absolute atomic E-state index is 15.2. The van der Waals surface area contributed by atoms with Crippen molar-refractivity contribution in [2.24, 2.45) is 41.4 Å². The van der Waals surface area contributed by atoms with Gasteiger partial charge in [0.05, 0.1) is 12.7 Å². The molecule has 0 aromatic rings. The lowest BCUT2D eigenvalue weighted by Gasteiger charge is -2.41. The molecular formula is C64H115N11O13. The van der Waals surface area contributed by atoms with Crippen LogP contribution in [0.5, 0.6) is 0 Å². The molecule has 1 heterocycles. The molecule has 1 aliphatic heterocycles. The van der Waals surface area contributed by atoms with Gasteiger partial charge in [0.2, 0.25) is 65.0 Å². The third kappa shape index (κ3) is 21.8. The second kappa shape index (κ2) is 36.5. The van der Waals surface area contributed by atoms with Crippen LogP contribution >= 0.6 is 0 Å². The fraction of sp³-hybridized carbons (Fsp3) is 0.797. The second-order valence-corrected chi connectivity index (χ2v) is 26.9. The third-order valence-electron chi connectivity index (χ3n) is 16.7. The van der Waals surface area contributed by atoms with Gasteiger partial charge >= 0.3 is 0 Å². The minimum Gasteiger partial charge on any atom is -0.394 e. The van der Waals surface area contributed by atoms with E-state index in [2.05, 4.69) is 21.3 Å². The molecule has 1 fully saturated rings. The van der Waals surface area contributed by atoms with Gasteiger partial charge in [-0.15, -0.1) is 0 Å². The van der Waals surface area contributed by atoms with Crippen LogP contribution in [0, 0.1) is 41.4 Å². The Balaban J connectivity index is 4.45. The molecule has 24 heteroatoms. The van der Waals surface area contributed by atoms with Gasteiger partial charge in [-0.25, -0.2) is 0 Å². The summed E-state index contributed by atoms with van der Waals surface area (Å²) >= 11 is 0. The highest BCUT2D eigenvalue weighted by molar-refractivity contribution is 6.00. The number of hydrogen-bond acceptors (Lipinski definition) is 13. The predicted molar refractivity (Wildman–Crippen MR) is 339 cm³/mol. The molecule has 1 rings (SSSR count). The van der Waals surface area contributed by atoms with E-state index in [0.717, 1.165) is 14.7 Å². The van der Waals surface area contributed by atoms with Crippen LogP contribution in [0.2, 0.25) is 0 Å². The lowest BCUT2D eigenvalue weighted by Crippen LogP contribution is -2.64. The van der Waals surface area contributed by atoms with Crippen LogP contribution in [0.3, 0.4) is 0 Å². The Morgan fingerprint density at radius 2 is 0.818 bits per heavy atom. The van der Waals surface area contributed by atoms with Crippen molar-refractivity contribution in [2.45, 2.75) is 235 Å². The van der Waals surface area contributed by atoms with Crippen molar-refractivity contribution >= 4 is 65.0 Å². The average molecular weight is 1250 g/mol. The van der Waals surface area contributed by atoms with Crippen molar-refractivity contribution in [3.8, 4) is 0 Å². The van der Waals surface area contributed by atoms with Crippen LogP contribution in [0.25, 0.3) is 0 Å². The van der Waals surface area contributed by atoms with Crippen LogP contribution in [-0.2, 0) is 52.7 Å². The Hall–Kier alpha value is -6.17. The van der Waals surface area contributed by atoms with E-state index < -0.39 is 162 Å². The number of likely N-dealkylation sites (N-methyl/N-ethyl adjacent to an activating group) is 7. The molecule has 0 radical (unpaired) electrons. The summed E-state index contributed by atoms with van der Waals surface area (Å²) in [5.74, 6) is -10.5. The molecule has 0 saturated carbocycles. The van der Waals surface area contributed by atoms with E-state index in [4.69, 9.17) is 0 Å². The fourth-order valence-corrected chi connectivity index (χ4v) is 11.2. The standard InChI is InChI=1S/C64H115N11O13/c1-25-27-29-41(15)53(77)52-57(81)67-44(28-26-2)59(83)73(22)49(34-76)62(86)69(18)46(31-36(5)6)56(80)68-50(39(11)12)63(87)70(19)45(30-35(3)4)55(79)65-42(16)54(78)66-43(17)58(82)71(20)47(32-37(7)8)60(84)72(21)48(33-38(9)10)61(85)74(23)51(40(13)14)64(88)75(52)24/h25,27,35-53,76-77H,26,28-34H2,1-24H3,(H,65,79)(H,66,78)(H,67,81)(H,68,80)/b27-25+/t41-,42+,43-,44+,45+,46+,47+,48+,49-,50+,51+,52+,53-/m1/s1. The lowest BCUT2D eigenvalue weighted by atomic mass is 9.91. The number of rotatable bonds is 17. The number of nitrogens with zero attached hydrogens (tertiary/aromatic N) is 7. The summed E-state index contributed by atoms with van der Waals surface area (Å²) in [5, 5.41) is 34.1. The molecular weight excluding hydrogens is 1130 g/mol. The maximum atomic E-state index is 15.2. The van der Waals surface area contributed by atoms with Crippen molar-refractivity contribution in [2.75, 3.05) is 55.9 Å². The Morgan fingerprint density at radius 3 is 1.25 bits per heavy atom. The average Bonchev–Trinajstić information content (AvgIpc) is 2.76. The highest BCUT2D eigenvalue weighted by atomic mass is 16.3. The van der Waals surface area contributed by atoms with Crippen LogP contribution in [0.4, 0.5) is 0 Å². The molecule has 6 N–H and O–H groups in total. The molecule has 88 heavy (non-hydrogen) atoms. The smallest absolute Gasteiger partial charge is 0.248 e. The number of allylic oxidation sites excluding steroid dienone is 2. The SMILES string of the molecule is C/C=C/C[C@@H](C)[C@@H](O)[C@H]1C(=O)N[C@@H](CCC)C(=O)N(C)[C@H](CO)C(=O)N(C)[C@@H](CC(C)C)C(=O)N[C@@H](C(C)C)C(=O)N(C)[C@@H](CC(C)C)C(=O)N[C@@H](C)C(=O)N[C@H](C)C(=O)N(C)[C@@H](CC(C)C)C(=O)N(C)[C@@H](CC(C)C)C(=O)N(C)[C@@H](C(C)C)C(=O)N1C. The first-order chi connectivity index (χ1) is 40.7. The van der Waals surface area contributed by atoms with E-state index in [1.54, 1.807) is 60.6 Å². The quantitative estimate of drug-likeness (QED) is 0.114.